The van der Waals surface area contributed by atoms with E-state index in [1.165, 1.54) is 36.1 Å². The Labute approximate surface area is 118 Å². The van der Waals surface area contributed by atoms with E-state index in [9.17, 15) is 18.0 Å². The molecule has 5 nitrogen and oxygen atoms in total. The van der Waals surface area contributed by atoms with Gasteiger partial charge in [0.05, 0.1) is 17.9 Å². The summed E-state index contributed by atoms with van der Waals surface area (Å²) in [5.41, 5.74) is -0.906. The summed E-state index contributed by atoms with van der Waals surface area (Å²) in [6, 6.07) is 4.85. The fourth-order valence-corrected chi connectivity index (χ4v) is 1.83. The average molecular weight is 299 g/mol. The number of nitrogens with zero attached hydrogens (tertiary/aromatic N) is 2. The van der Waals surface area contributed by atoms with Crippen LogP contribution < -0.4 is 5.32 Å². The molecule has 1 heterocycles. The lowest BCUT2D eigenvalue weighted by atomic mass is 10.1. The normalized spacial score (nSPS) is 11.5. The zero-order valence-electron chi connectivity index (χ0n) is 11.0. The van der Waals surface area contributed by atoms with Crippen molar-refractivity contribution < 1.29 is 23.1 Å². The van der Waals surface area contributed by atoms with E-state index in [0.29, 0.717) is 0 Å². The molecule has 8 heteroatoms. The molecule has 0 bridgehead atoms. The van der Waals surface area contributed by atoms with Crippen LogP contribution in [0, 0.1) is 0 Å². The van der Waals surface area contributed by atoms with E-state index in [1.807, 2.05) is 0 Å². The molecule has 1 amide bonds. The molecule has 2 N–H and O–H groups in total. The molecule has 1 aromatic heterocycles. The fourth-order valence-electron chi connectivity index (χ4n) is 1.83. The summed E-state index contributed by atoms with van der Waals surface area (Å²) < 4.78 is 39.9. The van der Waals surface area contributed by atoms with Gasteiger partial charge >= 0.3 is 6.18 Å². The van der Waals surface area contributed by atoms with E-state index in [0.717, 1.165) is 6.07 Å². The van der Waals surface area contributed by atoms with Crippen molar-refractivity contribution in [1.29, 1.82) is 0 Å². The van der Waals surface area contributed by atoms with Crippen LogP contribution in [0.25, 0.3) is 5.69 Å². The van der Waals surface area contributed by atoms with Gasteiger partial charge in [-0.25, -0.2) is 4.68 Å². The third kappa shape index (κ3) is 3.05. The van der Waals surface area contributed by atoms with Crippen LogP contribution in [0.2, 0.25) is 0 Å². The second kappa shape index (κ2) is 5.57. The highest BCUT2D eigenvalue weighted by Gasteiger charge is 2.33. The number of rotatable bonds is 3. The standard InChI is InChI=1S/C13H12F3N3O2/c1-17-12(21)11-4-5-19(18-11)9-3-2-8(7-20)10(6-9)13(14,15)16/h2-6,20H,7H2,1H3,(H,17,21). The maximum absolute atomic E-state index is 12.9. The highest BCUT2D eigenvalue weighted by Crippen LogP contribution is 2.33. The van der Waals surface area contributed by atoms with Crippen LogP contribution >= 0.6 is 0 Å². The van der Waals surface area contributed by atoms with Crippen molar-refractivity contribution in [2.24, 2.45) is 0 Å². The van der Waals surface area contributed by atoms with Crippen LogP contribution in [0.3, 0.4) is 0 Å². The number of aromatic nitrogens is 2. The summed E-state index contributed by atoms with van der Waals surface area (Å²) in [7, 11) is 1.43. The number of hydrogen-bond donors (Lipinski definition) is 2. The summed E-state index contributed by atoms with van der Waals surface area (Å²) in [4.78, 5) is 11.4. The first kappa shape index (κ1) is 15.0. The molecule has 0 saturated carbocycles. The van der Waals surface area contributed by atoms with Gasteiger partial charge in [-0.3, -0.25) is 4.79 Å². The lowest BCUT2D eigenvalue weighted by Crippen LogP contribution is -2.18. The summed E-state index contributed by atoms with van der Waals surface area (Å²) in [6.45, 7) is -0.711. The van der Waals surface area contributed by atoms with Crippen molar-refractivity contribution in [2.75, 3.05) is 7.05 Å². The Bertz CT molecular complexity index is 665. The molecule has 21 heavy (non-hydrogen) atoms. The molecular formula is C13H12F3N3O2. The van der Waals surface area contributed by atoms with E-state index in [2.05, 4.69) is 10.4 Å². The smallest absolute Gasteiger partial charge is 0.392 e. The summed E-state index contributed by atoms with van der Waals surface area (Å²) in [6.07, 6.45) is -3.19. The zero-order chi connectivity index (χ0) is 15.6. The Hall–Kier alpha value is -2.35. The van der Waals surface area contributed by atoms with Crippen molar-refractivity contribution in [2.45, 2.75) is 12.8 Å². The first-order valence-electron chi connectivity index (χ1n) is 5.96. The Morgan fingerprint density at radius 2 is 2.10 bits per heavy atom. The number of carbonyl (C=O) groups excluding carboxylic acids is 1. The van der Waals surface area contributed by atoms with Crippen molar-refractivity contribution >= 4 is 5.91 Å². The fraction of sp³-hybridized carbons (Fsp3) is 0.231. The number of aliphatic hydroxyl groups is 1. The Morgan fingerprint density at radius 3 is 2.67 bits per heavy atom. The molecule has 0 fully saturated rings. The van der Waals surface area contributed by atoms with E-state index in [1.54, 1.807) is 0 Å². The van der Waals surface area contributed by atoms with Crippen molar-refractivity contribution in [1.82, 2.24) is 15.1 Å². The highest BCUT2D eigenvalue weighted by molar-refractivity contribution is 5.91. The molecule has 0 radical (unpaired) electrons. The number of amides is 1. The van der Waals surface area contributed by atoms with E-state index < -0.39 is 24.3 Å². The van der Waals surface area contributed by atoms with Gasteiger partial charge in [-0.15, -0.1) is 0 Å². The molecule has 0 atom stereocenters. The maximum atomic E-state index is 12.9. The second-order valence-corrected chi connectivity index (χ2v) is 4.22. The van der Waals surface area contributed by atoms with Crippen molar-refractivity contribution in [3.63, 3.8) is 0 Å². The molecule has 0 unspecified atom stereocenters. The summed E-state index contributed by atoms with van der Waals surface area (Å²) in [5.74, 6) is -0.434. The number of aliphatic hydroxyl groups excluding tert-OH is 1. The predicted octanol–water partition coefficient (Wildman–Crippen LogP) is 1.74. The predicted molar refractivity (Wildman–Crippen MR) is 67.9 cm³/mol. The molecule has 0 saturated heterocycles. The lowest BCUT2D eigenvalue weighted by Gasteiger charge is -2.13. The third-order valence-electron chi connectivity index (χ3n) is 2.88. The van der Waals surface area contributed by atoms with Gasteiger partial charge in [-0.05, 0) is 23.8 Å². The second-order valence-electron chi connectivity index (χ2n) is 4.22. The molecule has 0 aliphatic heterocycles. The highest BCUT2D eigenvalue weighted by atomic mass is 19.4. The number of carbonyl (C=O) groups is 1. The van der Waals surface area contributed by atoms with Crippen LogP contribution in [0.5, 0.6) is 0 Å². The quantitative estimate of drug-likeness (QED) is 0.907. The van der Waals surface area contributed by atoms with E-state index >= 15 is 0 Å². The number of benzene rings is 1. The van der Waals surface area contributed by atoms with Gasteiger partial charge in [0.1, 0.15) is 0 Å². The maximum Gasteiger partial charge on any atom is 0.416 e. The van der Waals surface area contributed by atoms with Crippen LogP contribution in [-0.2, 0) is 12.8 Å². The minimum atomic E-state index is -4.58. The molecule has 1 aromatic carbocycles. The van der Waals surface area contributed by atoms with Gasteiger partial charge in [0, 0.05) is 13.2 Å². The van der Waals surface area contributed by atoms with Crippen LogP contribution in [-0.4, -0.2) is 27.8 Å². The number of hydrogen-bond acceptors (Lipinski definition) is 3. The van der Waals surface area contributed by atoms with Crippen molar-refractivity contribution in [3.8, 4) is 5.69 Å². The van der Waals surface area contributed by atoms with E-state index in [4.69, 9.17) is 5.11 Å². The SMILES string of the molecule is CNC(=O)c1ccn(-c2ccc(CO)c(C(F)(F)F)c2)n1. The van der Waals surface area contributed by atoms with Crippen molar-refractivity contribution in [3.05, 3.63) is 47.3 Å². The van der Waals surface area contributed by atoms with Gasteiger partial charge < -0.3 is 10.4 Å². The monoisotopic (exact) mass is 299 g/mol. The summed E-state index contributed by atoms with van der Waals surface area (Å²) >= 11 is 0. The van der Waals surface area contributed by atoms with Crippen LogP contribution in [0.15, 0.2) is 30.5 Å². The number of nitrogens with one attached hydrogen (secondary N) is 1. The number of alkyl halides is 3. The van der Waals surface area contributed by atoms with Crippen LogP contribution in [0.1, 0.15) is 21.6 Å². The van der Waals surface area contributed by atoms with E-state index in [-0.39, 0.29) is 16.9 Å². The van der Waals surface area contributed by atoms with Gasteiger partial charge in [0.2, 0.25) is 0 Å². The lowest BCUT2D eigenvalue weighted by molar-refractivity contribution is -0.138. The molecular weight excluding hydrogens is 287 g/mol. The van der Waals surface area contributed by atoms with Gasteiger partial charge in [0.15, 0.2) is 5.69 Å². The first-order chi connectivity index (χ1) is 9.86. The van der Waals surface area contributed by atoms with Gasteiger partial charge in [-0.2, -0.15) is 18.3 Å². The van der Waals surface area contributed by atoms with Gasteiger partial charge in [0.25, 0.3) is 5.91 Å². The average Bonchev–Trinajstić information content (AvgIpc) is 2.94. The molecule has 2 aromatic rings. The molecule has 2 rings (SSSR count). The van der Waals surface area contributed by atoms with Crippen LogP contribution in [0.4, 0.5) is 13.2 Å². The minimum Gasteiger partial charge on any atom is -0.392 e. The Balaban J connectivity index is 2.45. The topological polar surface area (TPSA) is 67.2 Å². The van der Waals surface area contributed by atoms with Gasteiger partial charge in [-0.1, -0.05) is 6.07 Å². The summed E-state index contributed by atoms with van der Waals surface area (Å²) in [5, 5.41) is 15.3. The molecule has 0 aliphatic rings. The minimum absolute atomic E-state index is 0.0947. The molecule has 112 valence electrons. The largest absolute Gasteiger partial charge is 0.416 e. The number of halogens is 3. The first-order valence-corrected chi connectivity index (χ1v) is 5.96. The zero-order valence-corrected chi connectivity index (χ0v) is 11.0. The Morgan fingerprint density at radius 1 is 1.38 bits per heavy atom. The molecule has 0 spiro atoms. The Kier molecular flexibility index (Phi) is 3.99. The third-order valence-corrected chi connectivity index (χ3v) is 2.88. The molecule has 0 aliphatic carbocycles.